The molecule has 0 aliphatic carbocycles. The predicted molar refractivity (Wildman–Crippen MR) is 61.9 cm³/mol. The van der Waals surface area contributed by atoms with E-state index >= 15 is 0 Å². The lowest BCUT2D eigenvalue weighted by Crippen LogP contribution is -2.45. The van der Waals surface area contributed by atoms with Gasteiger partial charge in [0.05, 0.1) is 12.5 Å². The predicted octanol–water partition coefficient (Wildman–Crippen LogP) is 0.729. The van der Waals surface area contributed by atoms with Crippen LogP contribution in [0, 0.1) is 5.41 Å². The lowest BCUT2D eigenvalue weighted by Gasteiger charge is -2.26. The van der Waals surface area contributed by atoms with Crippen LogP contribution < -0.4 is 11.1 Å². The fraction of sp³-hybridized carbons (Fsp3) is 0.818. The van der Waals surface area contributed by atoms with Crippen molar-refractivity contribution in [2.75, 3.05) is 0 Å². The monoisotopic (exact) mass is 230 g/mol. The van der Waals surface area contributed by atoms with Gasteiger partial charge in [-0.3, -0.25) is 9.59 Å². The van der Waals surface area contributed by atoms with Gasteiger partial charge >= 0.3 is 5.97 Å². The van der Waals surface area contributed by atoms with Crippen LogP contribution in [0.25, 0.3) is 0 Å². The van der Waals surface area contributed by atoms with Crippen LogP contribution in [0.4, 0.5) is 0 Å². The molecule has 94 valence electrons. The van der Waals surface area contributed by atoms with Crippen LogP contribution in [-0.4, -0.2) is 29.1 Å². The van der Waals surface area contributed by atoms with Crippen molar-refractivity contribution in [1.29, 1.82) is 0 Å². The zero-order valence-electron chi connectivity index (χ0n) is 10.4. The smallest absolute Gasteiger partial charge is 0.305 e. The largest absolute Gasteiger partial charge is 0.481 e. The molecule has 0 heterocycles. The maximum absolute atomic E-state index is 11.4. The number of nitrogens with two attached hydrogens (primary N) is 1. The van der Waals surface area contributed by atoms with E-state index in [1.54, 1.807) is 6.92 Å². The van der Waals surface area contributed by atoms with Crippen molar-refractivity contribution in [3.63, 3.8) is 0 Å². The van der Waals surface area contributed by atoms with E-state index in [-0.39, 0.29) is 23.8 Å². The molecule has 0 aromatic carbocycles. The first-order chi connectivity index (χ1) is 7.11. The molecule has 0 aliphatic heterocycles. The van der Waals surface area contributed by atoms with Gasteiger partial charge in [0.2, 0.25) is 5.91 Å². The molecule has 0 aliphatic rings. The number of hydrogen-bond donors (Lipinski definition) is 3. The molecule has 0 radical (unpaired) electrons. The lowest BCUT2D eigenvalue weighted by molar-refractivity contribution is -0.138. The van der Waals surface area contributed by atoms with E-state index in [2.05, 4.69) is 5.32 Å². The van der Waals surface area contributed by atoms with Crippen molar-refractivity contribution in [3.8, 4) is 0 Å². The van der Waals surface area contributed by atoms with Gasteiger partial charge in [-0.15, -0.1) is 0 Å². The van der Waals surface area contributed by atoms with Gasteiger partial charge in [0.1, 0.15) is 0 Å². The van der Waals surface area contributed by atoms with Crippen LogP contribution in [0.2, 0.25) is 0 Å². The normalized spacial score (nSPS) is 15.3. The van der Waals surface area contributed by atoms with Crippen molar-refractivity contribution in [1.82, 2.24) is 5.32 Å². The minimum Gasteiger partial charge on any atom is -0.481 e. The first kappa shape index (κ1) is 14.9. The van der Waals surface area contributed by atoms with E-state index in [0.29, 0.717) is 6.42 Å². The second kappa shape index (κ2) is 5.84. The van der Waals surface area contributed by atoms with E-state index in [4.69, 9.17) is 10.8 Å². The fourth-order valence-electron chi connectivity index (χ4n) is 1.46. The summed E-state index contributed by atoms with van der Waals surface area (Å²) in [5.74, 6) is -1.23. The average molecular weight is 230 g/mol. The summed E-state index contributed by atoms with van der Waals surface area (Å²) in [6.45, 7) is 7.57. The Morgan fingerprint density at radius 1 is 1.38 bits per heavy atom. The third-order valence-corrected chi connectivity index (χ3v) is 2.04. The molecule has 0 saturated heterocycles. The Hall–Kier alpha value is -1.10. The quantitative estimate of drug-likeness (QED) is 0.649. The Morgan fingerprint density at radius 3 is 2.19 bits per heavy atom. The number of carboxylic acid groups (broad SMARTS) is 1. The van der Waals surface area contributed by atoms with E-state index in [0.717, 1.165) is 0 Å². The summed E-state index contributed by atoms with van der Waals surface area (Å²) in [7, 11) is 0. The summed E-state index contributed by atoms with van der Waals surface area (Å²) < 4.78 is 0. The first-order valence-corrected chi connectivity index (χ1v) is 5.39. The summed E-state index contributed by atoms with van der Waals surface area (Å²) in [5.41, 5.74) is 5.38. The third kappa shape index (κ3) is 7.23. The van der Waals surface area contributed by atoms with Crippen LogP contribution in [0.3, 0.4) is 0 Å². The molecule has 1 unspecified atom stereocenters. The Bertz CT molecular complexity index is 256. The Labute approximate surface area is 96.4 Å². The van der Waals surface area contributed by atoms with Gasteiger partial charge in [-0.25, -0.2) is 0 Å². The highest BCUT2D eigenvalue weighted by atomic mass is 16.4. The summed E-state index contributed by atoms with van der Waals surface area (Å²) in [5, 5.41) is 11.4. The van der Waals surface area contributed by atoms with Gasteiger partial charge in [0.25, 0.3) is 0 Å². The van der Waals surface area contributed by atoms with Crippen LogP contribution in [-0.2, 0) is 9.59 Å². The second-order valence-corrected chi connectivity index (χ2v) is 5.36. The molecule has 0 fully saturated rings. The minimum atomic E-state index is -0.917. The van der Waals surface area contributed by atoms with E-state index in [1.165, 1.54) is 0 Å². The molecule has 2 atom stereocenters. The van der Waals surface area contributed by atoms with Crippen LogP contribution in [0.15, 0.2) is 0 Å². The molecule has 0 bridgehead atoms. The molecule has 0 spiro atoms. The number of carbonyl (C=O) groups excluding carboxylic acids is 1. The lowest BCUT2D eigenvalue weighted by atomic mass is 9.87. The highest BCUT2D eigenvalue weighted by Gasteiger charge is 2.23. The highest BCUT2D eigenvalue weighted by molar-refractivity contribution is 5.81. The zero-order valence-corrected chi connectivity index (χ0v) is 10.4. The number of hydrogen-bond acceptors (Lipinski definition) is 3. The molecule has 0 aromatic rings. The number of rotatable bonds is 5. The van der Waals surface area contributed by atoms with Gasteiger partial charge < -0.3 is 16.2 Å². The third-order valence-electron chi connectivity index (χ3n) is 2.04. The SMILES string of the molecule is C[C@@H](N)C(=O)NC(CC(=O)O)CC(C)(C)C. The molecule has 0 aromatic heterocycles. The molecule has 4 N–H and O–H groups in total. The number of carbonyl (C=O) groups is 2. The summed E-state index contributed by atoms with van der Waals surface area (Å²) in [4.78, 5) is 22.1. The van der Waals surface area contributed by atoms with Crippen molar-refractivity contribution in [3.05, 3.63) is 0 Å². The zero-order chi connectivity index (χ0) is 12.9. The number of nitrogens with one attached hydrogen (secondary N) is 1. The second-order valence-electron chi connectivity index (χ2n) is 5.36. The molecule has 5 nitrogen and oxygen atoms in total. The van der Waals surface area contributed by atoms with Crippen LogP contribution >= 0.6 is 0 Å². The van der Waals surface area contributed by atoms with Crippen molar-refractivity contribution < 1.29 is 14.7 Å². The molecular formula is C11H22N2O3. The summed E-state index contributed by atoms with van der Waals surface area (Å²) in [6, 6.07) is -0.979. The Kier molecular flexibility index (Phi) is 5.44. The summed E-state index contributed by atoms with van der Waals surface area (Å²) >= 11 is 0. The minimum absolute atomic E-state index is 0.0365. The van der Waals surface area contributed by atoms with Gasteiger partial charge in [0.15, 0.2) is 0 Å². The molecular weight excluding hydrogens is 208 g/mol. The molecule has 5 heteroatoms. The summed E-state index contributed by atoms with van der Waals surface area (Å²) in [6.07, 6.45) is 0.535. The average Bonchev–Trinajstić information content (AvgIpc) is 1.98. The molecule has 1 amide bonds. The highest BCUT2D eigenvalue weighted by Crippen LogP contribution is 2.22. The maximum Gasteiger partial charge on any atom is 0.305 e. The topological polar surface area (TPSA) is 92.4 Å². The van der Waals surface area contributed by atoms with Crippen molar-refractivity contribution in [2.45, 2.75) is 52.6 Å². The van der Waals surface area contributed by atoms with Gasteiger partial charge in [-0.2, -0.15) is 0 Å². The maximum atomic E-state index is 11.4. The Balaban J connectivity index is 4.43. The van der Waals surface area contributed by atoms with Gasteiger partial charge in [-0.1, -0.05) is 20.8 Å². The van der Waals surface area contributed by atoms with Gasteiger partial charge in [0, 0.05) is 6.04 Å². The fourth-order valence-corrected chi connectivity index (χ4v) is 1.46. The number of amides is 1. The first-order valence-electron chi connectivity index (χ1n) is 5.39. The van der Waals surface area contributed by atoms with Gasteiger partial charge in [-0.05, 0) is 18.8 Å². The Morgan fingerprint density at radius 2 is 1.88 bits per heavy atom. The molecule has 0 saturated carbocycles. The number of carboxylic acids is 1. The molecule has 16 heavy (non-hydrogen) atoms. The van der Waals surface area contributed by atoms with E-state index < -0.39 is 12.0 Å². The standard InChI is InChI=1S/C11H22N2O3/c1-7(12)10(16)13-8(5-9(14)15)6-11(2,3)4/h7-8H,5-6,12H2,1-4H3,(H,13,16)(H,14,15)/t7-,8?/m1/s1. The van der Waals surface area contributed by atoms with Crippen LogP contribution in [0.5, 0.6) is 0 Å². The molecule has 0 rings (SSSR count). The van der Waals surface area contributed by atoms with Crippen LogP contribution in [0.1, 0.15) is 40.5 Å². The van der Waals surface area contributed by atoms with E-state index in [1.807, 2.05) is 20.8 Å². The van der Waals surface area contributed by atoms with Crippen molar-refractivity contribution in [2.24, 2.45) is 11.1 Å². The van der Waals surface area contributed by atoms with Crippen molar-refractivity contribution >= 4 is 11.9 Å². The number of aliphatic carboxylic acids is 1. The van der Waals surface area contributed by atoms with E-state index in [9.17, 15) is 9.59 Å².